The van der Waals surface area contributed by atoms with Crippen molar-refractivity contribution < 1.29 is 9.59 Å². The van der Waals surface area contributed by atoms with Crippen molar-refractivity contribution in [2.24, 2.45) is 0 Å². The molecule has 0 unspecified atom stereocenters. The molecule has 0 saturated carbocycles. The number of anilines is 1. The predicted octanol–water partition coefficient (Wildman–Crippen LogP) is 4.65. The zero-order valence-electron chi connectivity index (χ0n) is 16.4. The number of hydrogen-bond donors (Lipinski definition) is 1. The number of rotatable bonds is 6. The van der Waals surface area contributed by atoms with E-state index in [1.807, 2.05) is 50.2 Å². The maximum Gasteiger partial charge on any atom is 0.243 e. The van der Waals surface area contributed by atoms with E-state index in [2.05, 4.69) is 29.6 Å². The standard InChI is InChI=1S/C23H24N2O2S/c1-16-8-9-17(2)21(12-16)24-22(26)14-25(3)23(27)15-28-20-11-10-18-6-4-5-7-19(18)13-20/h4-13H,14-15H2,1-3H3,(H,24,26). The molecule has 28 heavy (non-hydrogen) atoms. The third kappa shape index (κ3) is 5.14. The van der Waals surface area contributed by atoms with Gasteiger partial charge < -0.3 is 10.2 Å². The topological polar surface area (TPSA) is 49.4 Å². The number of likely N-dealkylation sites (N-methyl/N-ethyl adjacent to an activating group) is 1. The zero-order valence-corrected chi connectivity index (χ0v) is 17.2. The average molecular weight is 393 g/mol. The number of carbonyl (C=O) groups is 2. The van der Waals surface area contributed by atoms with Gasteiger partial charge in [-0.3, -0.25) is 9.59 Å². The number of fused-ring (bicyclic) bond motifs is 1. The van der Waals surface area contributed by atoms with Gasteiger partial charge in [-0.15, -0.1) is 11.8 Å². The van der Waals surface area contributed by atoms with Crippen LogP contribution in [0.2, 0.25) is 0 Å². The second kappa shape index (κ2) is 8.93. The van der Waals surface area contributed by atoms with E-state index in [-0.39, 0.29) is 18.4 Å². The molecule has 3 aromatic rings. The van der Waals surface area contributed by atoms with Gasteiger partial charge in [0.1, 0.15) is 0 Å². The van der Waals surface area contributed by atoms with Gasteiger partial charge in [-0.25, -0.2) is 0 Å². The first kappa shape index (κ1) is 20.0. The zero-order chi connectivity index (χ0) is 20.1. The average Bonchev–Trinajstić information content (AvgIpc) is 2.68. The molecule has 2 amide bonds. The number of amides is 2. The van der Waals surface area contributed by atoms with Crippen LogP contribution in [0.3, 0.4) is 0 Å². The van der Waals surface area contributed by atoms with E-state index in [1.54, 1.807) is 7.05 Å². The summed E-state index contributed by atoms with van der Waals surface area (Å²) < 4.78 is 0. The van der Waals surface area contributed by atoms with Gasteiger partial charge in [-0.05, 0) is 53.9 Å². The highest BCUT2D eigenvalue weighted by molar-refractivity contribution is 8.00. The van der Waals surface area contributed by atoms with E-state index in [9.17, 15) is 9.59 Å². The van der Waals surface area contributed by atoms with E-state index in [0.717, 1.165) is 27.1 Å². The van der Waals surface area contributed by atoms with Gasteiger partial charge >= 0.3 is 0 Å². The predicted molar refractivity (Wildman–Crippen MR) is 117 cm³/mol. The smallest absolute Gasteiger partial charge is 0.243 e. The summed E-state index contributed by atoms with van der Waals surface area (Å²) in [5.74, 6) is 0.0283. The normalized spacial score (nSPS) is 10.7. The van der Waals surface area contributed by atoms with E-state index in [1.165, 1.54) is 22.0 Å². The number of nitrogens with zero attached hydrogens (tertiary/aromatic N) is 1. The van der Waals surface area contributed by atoms with E-state index < -0.39 is 0 Å². The number of carbonyl (C=O) groups excluding carboxylic acids is 2. The van der Waals surface area contributed by atoms with E-state index in [0.29, 0.717) is 5.75 Å². The lowest BCUT2D eigenvalue weighted by Gasteiger charge is -2.17. The Balaban J connectivity index is 1.53. The molecule has 0 aromatic heterocycles. The molecule has 0 heterocycles. The monoisotopic (exact) mass is 392 g/mol. The van der Waals surface area contributed by atoms with Crippen LogP contribution in [0, 0.1) is 13.8 Å². The summed E-state index contributed by atoms with van der Waals surface area (Å²) in [5.41, 5.74) is 2.87. The quantitative estimate of drug-likeness (QED) is 0.622. The fourth-order valence-corrected chi connectivity index (χ4v) is 3.76. The van der Waals surface area contributed by atoms with Gasteiger partial charge in [0.05, 0.1) is 12.3 Å². The SMILES string of the molecule is Cc1ccc(C)c(NC(=O)CN(C)C(=O)CSc2ccc3ccccc3c2)c1. The molecule has 0 spiro atoms. The minimum atomic E-state index is -0.194. The molecule has 3 aromatic carbocycles. The largest absolute Gasteiger partial charge is 0.336 e. The van der Waals surface area contributed by atoms with Crippen LogP contribution in [-0.4, -0.2) is 36.1 Å². The van der Waals surface area contributed by atoms with Crippen molar-refractivity contribution in [1.82, 2.24) is 4.90 Å². The molecule has 4 nitrogen and oxygen atoms in total. The summed E-state index contributed by atoms with van der Waals surface area (Å²) >= 11 is 1.48. The molecule has 1 N–H and O–H groups in total. The van der Waals surface area contributed by atoms with Crippen molar-refractivity contribution in [3.8, 4) is 0 Å². The molecule has 0 radical (unpaired) electrons. The number of benzene rings is 3. The molecule has 0 fully saturated rings. The van der Waals surface area contributed by atoms with Crippen LogP contribution in [0.1, 0.15) is 11.1 Å². The highest BCUT2D eigenvalue weighted by Gasteiger charge is 2.14. The fourth-order valence-electron chi connectivity index (χ4n) is 2.88. The summed E-state index contributed by atoms with van der Waals surface area (Å²) in [7, 11) is 1.66. The Morgan fingerprint density at radius 1 is 0.964 bits per heavy atom. The van der Waals surface area contributed by atoms with Crippen molar-refractivity contribution in [2.75, 3.05) is 24.7 Å². The van der Waals surface area contributed by atoms with Crippen LogP contribution in [0.4, 0.5) is 5.69 Å². The van der Waals surface area contributed by atoms with Crippen LogP contribution < -0.4 is 5.32 Å². The second-order valence-electron chi connectivity index (χ2n) is 6.91. The second-order valence-corrected chi connectivity index (χ2v) is 7.96. The van der Waals surface area contributed by atoms with Gasteiger partial charge in [0, 0.05) is 17.6 Å². The van der Waals surface area contributed by atoms with Crippen molar-refractivity contribution in [1.29, 1.82) is 0 Å². The minimum absolute atomic E-state index is 0.0322. The molecule has 0 bridgehead atoms. The Morgan fingerprint density at radius 3 is 2.50 bits per heavy atom. The van der Waals surface area contributed by atoms with E-state index in [4.69, 9.17) is 0 Å². The first-order valence-corrected chi connectivity index (χ1v) is 10.1. The fraction of sp³-hybridized carbons (Fsp3) is 0.217. The maximum atomic E-state index is 12.4. The van der Waals surface area contributed by atoms with Crippen molar-refractivity contribution in [2.45, 2.75) is 18.7 Å². The maximum absolute atomic E-state index is 12.4. The summed E-state index contributed by atoms with van der Waals surface area (Å²) in [6, 6.07) is 20.2. The van der Waals surface area contributed by atoms with Crippen molar-refractivity contribution in [3.05, 3.63) is 71.8 Å². The molecule has 3 rings (SSSR count). The molecule has 0 atom stereocenters. The Morgan fingerprint density at radius 2 is 1.71 bits per heavy atom. The highest BCUT2D eigenvalue weighted by atomic mass is 32.2. The molecule has 0 aliphatic carbocycles. The number of thioether (sulfide) groups is 1. The number of aryl methyl sites for hydroxylation is 2. The van der Waals surface area contributed by atoms with Gasteiger partial charge in [-0.2, -0.15) is 0 Å². The highest BCUT2D eigenvalue weighted by Crippen LogP contribution is 2.24. The van der Waals surface area contributed by atoms with Gasteiger partial charge in [-0.1, -0.05) is 42.5 Å². The van der Waals surface area contributed by atoms with Crippen LogP contribution in [-0.2, 0) is 9.59 Å². The Labute approximate surface area is 169 Å². The van der Waals surface area contributed by atoms with Crippen molar-refractivity contribution in [3.63, 3.8) is 0 Å². The third-order valence-electron chi connectivity index (χ3n) is 4.56. The van der Waals surface area contributed by atoms with Crippen LogP contribution >= 0.6 is 11.8 Å². The molecule has 144 valence electrons. The minimum Gasteiger partial charge on any atom is -0.336 e. The number of hydrogen-bond acceptors (Lipinski definition) is 3. The Bertz CT molecular complexity index is 1020. The molecule has 0 saturated heterocycles. The van der Waals surface area contributed by atoms with Crippen LogP contribution in [0.5, 0.6) is 0 Å². The molecule has 5 heteroatoms. The first-order chi connectivity index (χ1) is 13.4. The van der Waals surface area contributed by atoms with Gasteiger partial charge in [0.25, 0.3) is 0 Å². The summed E-state index contributed by atoms with van der Waals surface area (Å²) in [6.45, 7) is 3.96. The summed E-state index contributed by atoms with van der Waals surface area (Å²) in [6.07, 6.45) is 0. The lowest BCUT2D eigenvalue weighted by atomic mass is 10.1. The number of nitrogens with one attached hydrogen (secondary N) is 1. The summed E-state index contributed by atoms with van der Waals surface area (Å²) in [4.78, 5) is 27.2. The lowest BCUT2D eigenvalue weighted by molar-refractivity contribution is -0.131. The van der Waals surface area contributed by atoms with Crippen LogP contribution in [0.25, 0.3) is 10.8 Å². The molecule has 0 aliphatic heterocycles. The van der Waals surface area contributed by atoms with Gasteiger partial charge in [0.15, 0.2) is 0 Å². The first-order valence-electron chi connectivity index (χ1n) is 9.15. The Hall–Kier alpha value is -2.79. The third-order valence-corrected chi connectivity index (χ3v) is 5.54. The van der Waals surface area contributed by atoms with Crippen molar-refractivity contribution >= 4 is 40.0 Å². The molecule has 0 aliphatic rings. The molecular formula is C23H24N2O2S. The molecular weight excluding hydrogens is 368 g/mol. The van der Waals surface area contributed by atoms with Gasteiger partial charge in [0.2, 0.25) is 11.8 Å². The van der Waals surface area contributed by atoms with Crippen LogP contribution in [0.15, 0.2) is 65.6 Å². The Kier molecular flexibility index (Phi) is 6.37. The van der Waals surface area contributed by atoms with E-state index >= 15 is 0 Å². The lowest BCUT2D eigenvalue weighted by Crippen LogP contribution is -2.36. The summed E-state index contributed by atoms with van der Waals surface area (Å²) in [5, 5.41) is 5.22.